The van der Waals surface area contributed by atoms with Gasteiger partial charge in [0.05, 0.1) is 19.3 Å². The first-order valence-corrected chi connectivity index (χ1v) is 8.32. The van der Waals surface area contributed by atoms with Gasteiger partial charge in [0.2, 0.25) is 0 Å². The second-order valence-corrected chi connectivity index (χ2v) is 6.07. The Kier molecular flexibility index (Phi) is 5.35. The summed E-state index contributed by atoms with van der Waals surface area (Å²) in [7, 11) is 0. The van der Waals surface area contributed by atoms with E-state index in [9.17, 15) is 4.79 Å². The summed E-state index contributed by atoms with van der Waals surface area (Å²) >= 11 is 0. The van der Waals surface area contributed by atoms with Gasteiger partial charge in [-0.25, -0.2) is 4.79 Å². The summed E-state index contributed by atoms with van der Waals surface area (Å²) in [6.07, 6.45) is 2.26. The molecule has 2 heterocycles. The molecule has 0 aromatic heterocycles. The summed E-state index contributed by atoms with van der Waals surface area (Å²) in [5.74, 6) is 0. The van der Waals surface area contributed by atoms with Crippen molar-refractivity contribution in [3.63, 3.8) is 0 Å². The third-order valence-corrected chi connectivity index (χ3v) is 4.35. The first-order chi connectivity index (χ1) is 11.2. The minimum Gasteiger partial charge on any atom is -0.378 e. The number of hydrogen-bond donors (Lipinski definition) is 2. The zero-order valence-electron chi connectivity index (χ0n) is 13.6. The lowest BCUT2D eigenvalue weighted by Gasteiger charge is -2.29. The average molecular weight is 319 g/mol. The Balaban J connectivity index is 1.53. The van der Waals surface area contributed by atoms with Crippen molar-refractivity contribution < 1.29 is 14.3 Å². The minimum absolute atomic E-state index is 0.158. The van der Waals surface area contributed by atoms with Crippen LogP contribution in [0.3, 0.4) is 0 Å². The Morgan fingerprint density at radius 3 is 2.83 bits per heavy atom. The molecule has 126 valence electrons. The van der Waals surface area contributed by atoms with Gasteiger partial charge in [-0.05, 0) is 43.5 Å². The number of urea groups is 1. The molecule has 2 N–H and O–H groups in total. The molecule has 1 aromatic carbocycles. The van der Waals surface area contributed by atoms with Crippen LogP contribution in [0.25, 0.3) is 0 Å². The Hall–Kier alpha value is -1.79. The van der Waals surface area contributed by atoms with Crippen LogP contribution in [0.5, 0.6) is 0 Å². The van der Waals surface area contributed by atoms with E-state index in [0.29, 0.717) is 6.54 Å². The number of nitrogens with zero attached hydrogens (tertiary/aromatic N) is 1. The Morgan fingerprint density at radius 1 is 1.30 bits per heavy atom. The molecule has 0 spiro atoms. The Bertz CT molecular complexity index is 538. The molecular formula is C17H25N3O3. The lowest BCUT2D eigenvalue weighted by molar-refractivity contribution is 0.112. The molecule has 1 unspecified atom stereocenters. The van der Waals surface area contributed by atoms with Crippen LogP contribution in [0.4, 0.5) is 16.2 Å². The highest BCUT2D eigenvalue weighted by Gasteiger charge is 2.17. The number of amides is 2. The van der Waals surface area contributed by atoms with E-state index in [4.69, 9.17) is 9.47 Å². The van der Waals surface area contributed by atoms with Crippen molar-refractivity contribution in [1.29, 1.82) is 0 Å². The van der Waals surface area contributed by atoms with Crippen LogP contribution in [0, 0.1) is 6.92 Å². The summed E-state index contributed by atoms with van der Waals surface area (Å²) in [6, 6.07) is 5.95. The van der Waals surface area contributed by atoms with Crippen LogP contribution < -0.4 is 15.5 Å². The third-order valence-electron chi connectivity index (χ3n) is 4.35. The molecule has 2 fully saturated rings. The number of morpholine rings is 1. The van der Waals surface area contributed by atoms with E-state index >= 15 is 0 Å². The van der Waals surface area contributed by atoms with E-state index in [2.05, 4.69) is 21.6 Å². The summed E-state index contributed by atoms with van der Waals surface area (Å²) in [4.78, 5) is 14.3. The molecule has 2 amide bonds. The molecule has 0 radical (unpaired) electrons. The van der Waals surface area contributed by atoms with Gasteiger partial charge in [0.25, 0.3) is 0 Å². The van der Waals surface area contributed by atoms with Gasteiger partial charge in [-0.1, -0.05) is 0 Å². The predicted molar refractivity (Wildman–Crippen MR) is 90.2 cm³/mol. The van der Waals surface area contributed by atoms with E-state index in [1.807, 2.05) is 19.1 Å². The number of ether oxygens (including phenoxy) is 2. The molecule has 6 nitrogen and oxygen atoms in total. The van der Waals surface area contributed by atoms with Crippen LogP contribution in [0.15, 0.2) is 18.2 Å². The third kappa shape index (κ3) is 4.36. The van der Waals surface area contributed by atoms with Crippen LogP contribution in [0.2, 0.25) is 0 Å². The summed E-state index contributed by atoms with van der Waals surface area (Å²) in [5, 5.41) is 5.79. The van der Waals surface area contributed by atoms with Crippen molar-refractivity contribution in [2.75, 3.05) is 49.7 Å². The van der Waals surface area contributed by atoms with Gasteiger partial charge in [0.15, 0.2) is 0 Å². The SMILES string of the molecule is Cc1cc(N2CCOCC2)ccc1NC(=O)NCC1CCCO1. The monoisotopic (exact) mass is 319 g/mol. The molecule has 23 heavy (non-hydrogen) atoms. The van der Waals surface area contributed by atoms with E-state index in [1.54, 1.807) is 0 Å². The summed E-state index contributed by atoms with van der Waals surface area (Å²) in [6.45, 7) is 6.74. The molecule has 2 aliphatic heterocycles. The molecule has 2 aliphatic rings. The van der Waals surface area contributed by atoms with Gasteiger partial charge >= 0.3 is 6.03 Å². The zero-order valence-corrected chi connectivity index (χ0v) is 13.6. The number of nitrogens with one attached hydrogen (secondary N) is 2. The topological polar surface area (TPSA) is 62.8 Å². The van der Waals surface area contributed by atoms with Gasteiger partial charge in [-0.2, -0.15) is 0 Å². The second kappa shape index (κ2) is 7.66. The van der Waals surface area contributed by atoms with Gasteiger partial charge in [-0.3, -0.25) is 0 Å². The van der Waals surface area contributed by atoms with E-state index in [-0.39, 0.29) is 12.1 Å². The van der Waals surface area contributed by atoms with Crippen molar-refractivity contribution >= 4 is 17.4 Å². The quantitative estimate of drug-likeness (QED) is 0.892. The van der Waals surface area contributed by atoms with E-state index in [0.717, 1.165) is 57.0 Å². The number of anilines is 2. The normalized spacial score (nSPS) is 21.3. The minimum atomic E-state index is -0.178. The zero-order chi connectivity index (χ0) is 16.1. The fraction of sp³-hybridized carbons (Fsp3) is 0.588. The number of aryl methyl sites for hydroxylation is 1. The molecule has 1 atom stereocenters. The van der Waals surface area contributed by atoms with Crippen LogP contribution in [0.1, 0.15) is 18.4 Å². The Labute approximate surface area is 137 Å². The maximum absolute atomic E-state index is 12.0. The number of benzene rings is 1. The van der Waals surface area contributed by atoms with Crippen LogP contribution >= 0.6 is 0 Å². The second-order valence-electron chi connectivity index (χ2n) is 6.07. The van der Waals surface area contributed by atoms with E-state index in [1.165, 1.54) is 5.69 Å². The van der Waals surface area contributed by atoms with Crippen molar-refractivity contribution in [3.8, 4) is 0 Å². The maximum atomic E-state index is 12.0. The van der Waals surface area contributed by atoms with E-state index < -0.39 is 0 Å². The standard InChI is InChI=1S/C17H25N3O3/c1-13-11-14(20-6-9-22-10-7-20)4-5-16(13)19-17(21)18-12-15-3-2-8-23-15/h4-5,11,15H,2-3,6-10,12H2,1H3,(H2,18,19,21). The molecule has 1 aromatic rings. The lowest BCUT2D eigenvalue weighted by atomic mass is 10.1. The lowest BCUT2D eigenvalue weighted by Crippen LogP contribution is -2.36. The highest BCUT2D eigenvalue weighted by atomic mass is 16.5. The summed E-state index contributed by atoms with van der Waals surface area (Å²) < 4.78 is 10.9. The number of hydrogen-bond acceptors (Lipinski definition) is 4. The molecule has 0 bridgehead atoms. The molecular weight excluding hydrogens is 294 g/mol. The van der Waals surface area contributed by atoms with Gasteiger partial charge in [0.1, 0.15) is 0 Å². The van der Waals surface area contributed by atoms with Crippen molar-refractivity contribution in [2.45, 2.75) is 25.9 Å². The van der Waals surface area contributed by atoms with Crippen molar-refractivity contribution in [2.24, 2.45) is 0 Å². The van der Waals surface area contributed by atoms with Crippen molar-refractivity contribution in [1.82, 2.24) is 5.32 Å². The van der Waals surface area contributed by atoms with Crippen LogP contribution in [-0.2, 0) is 9.47 Å². The molecule has 6 heteroatoms. The largest absolute Gasteiger partial charge is 0.378 e. The highest BCUT2D eigenvalue weighted by molar-refractivity contribution is 5.90. The number of carbonyl (C=O) groups is 1. The first kappa shape index (κ1) is 16.1. The van der Waals surface area contributed by atoms with Crippen LogP contribution in [-0.4, -0.2) is 51.6 Å². The van der Waals surface area contributed by atoms with Gasteiger partial charge in [-0.15, -0.1) is 0 Å². The Morgan fingerprint density at radius 2 is 2.13 bits per heavy atom. The smallest absolute Gasteiger partial charge is 0.319 e. The fourth-order valence-electron chi connectivity index (χ4n) is 2.98. The maximum Gasteiger partial charge on any atom is 0.319 e. The van der Waals surface area contributed by atoms with Gasteiger partial charge < -0.3 is 25.0 Å². The summed E-state index contributed by atoms with van der Waals surface area (Å²) in [5.41, 5.74) is 3.07. The fourth-order valence-corrected chi connectivity index (χ4v) is 2.98. The first-order valence-electron chi connectivity index (χ1n) is 8.32. The highest BCUT2D eigenvalue weighted by Crippen LogP contribution is 2.23. The molecule has 2 saturated heterocycles. The number of carbonyl (C=O) groups excluding carboxylic acids is 1. The predicted octanol–water partition coefficient (Wildman–Crippen LogP) is 2.13. The molecule has 0 aliphatic carbocycles. The van der Waals surface area contributed by atoms with Crippen molar-refractivity contribution in [3.05, 3.63) is 23.8 Å². The number of rotatable bonds is 4. The molecule has 0 saturated carbocycles. The average Bonchev–Trinajstić information content (AvgIpc) is 3.09. The molecule has 3 rings (SSSR count). The van der Waals surface area contributed by atoms with Gasteiger partial charge in [0, 0.05) is 37.6 Å².